The quantitative estimate of drug-likeness (QED) is 0.584. The number of carbonyl (C=O) groups is 2. The predicted octanol–water partition coefficient (Wildman–Crippen LogP) is 2.66. The minimum absolute atomic E-state index is 0.196. The van der Waals surface area contributed by atoms with Crippen LogP contribution >= 0.6 is 0 Å². The lowest BCUT2D eigenvalue weighted by Crippen LogP contribution is -2.35. The van der Waals surface area contributed by atoms with Gasteiger partial charge in [0.05, 0.1) is 11.4 Å². The molecule has 1 aromatic heterocycles. The molecule has 0 fully saturated rings. The molecule has 1 aromatic carbocycles. The minimum Gasteiger partial charge on any atom is -0.453 e. The third kappa shape index (κ3) is 4.81. The summed E-state index contributed by atoms with van der Waals surface area (Å²) in [6.07, 6.45) is 1.46. The SMILES string of the molecule is C=CCNC(=O)[C@H](C)OC(=O)CCc1c(C)nn(-c2ccccc2)c1C. The van der Waals surface area contributed by atoms with E-state index in [0.29, 0.717) is 13.0 Å². The van der Waals surface area contributed by atoms with E-state index in [1.54, 1.807) is 13.0 Å². The van der Waals surface area contributed by atoms with Gasteiger partial charge in [-0.25, -0.2) is 4.68 Å². The van der Waals surface area contributed by atoms with Crippen LogP contribution in [0.25, 0.3) is 5.69 Å². The van der Waals surface area contributed by atoms with Crippen LogP contribution in [0.1, 0.15) is 30.3 Å². The van der Waals surface area contributed by atoms with Crippen molar-refractivity contribution in [2.75, 3.05) is 6.54 Å². The third-order valence-electron chi connectivity index (χ3n) is 4.12. The summed E-state index contributed by atoms with van der Waals surface area (Å²) in [5, 5.41) is 7.18. The second-order valence-electron chi connectivity index (χ2n) is 6.06. The number of aryl methyl sites for hydroxylation is 1. The number of nitrogens with one attached hydrogen (secondary N) is 1. The number of nitrogens with zero attached hydrogens (tertiary/aromatic N) is 2. The van der Waals surface area contributed by atoms with E-state index >= 15 is 0 Å². The van der Waals surface area contributed by atoms with E-state index in [4.69, 9.17) is 4.74 Å². The molecule has 0 unspecified atom stereocenters. The monoisotopic (exact) mass is 355 g/mol. The number of rotatable bonds is 8. The number of benzene rings is 1. The van der Waals surface area contributed by atoms with Gasteiger partial charge < -0.3 is 10.1 Å². The normalized spacial score (nSPS) is 11.7. The molecular weight excluding hydrogens is 330 g/mol. The number of esters is 1. The standard InChI is InChI=1S/C20H25N3O3/c1-5-13-21-20(25)16(4)26-19(24)12-11-18-14(2)22-23(15(18)3)17-9-7-6-8-10-17/h5-10,16H,1,11-13H2,2-4H3,(H,21,25)/t16-/m0/s1. The first-order valence-corrected chi connectivity index (χ1v) is 8.62. The molecule has 6 nitrogen and oxygen atoms in total. The van der Waals surface area contributed by atoms with Gasteiger partial charge in [-0.2, -0.15) is 5.10 Å². The Morgan fingerprint density at radius 3 is 2.65 bits per heavy atom. The van der Waals surface area contributed by atoms with E-state index in [1.165, 1.54) is 0 Å². The van der Waals surface area contributed by atoms with Crippen molar-refractivity contribution in [3.8, 4) is 5.69 Å². The lowest BCUT2D eigenvalue weighted by molar-refractivity contribution is -0.154. The van der Waals surface area contributed by atoms with Crippen LogP contribution in [-0.2, 0) is 20.7 Å². The molecule has 0 saturated carbocycles. The summed E-state index contributed by atoms with van der Waals surface area (Å²) in [5.41, 5.74) is 3.89. The van der Waals surface area contributed by atoms with Crippen LogP contribution in [0.2, 0.25) is 0 Å². The van der Waals surface area contributed by atoms with Crippen LogP contribution in [0.3, 0.4) is 0 Å². The summed E-state index contributed by atoms with van der Waals surface area (Å²) >= 11 is 0. The smallest absolute Gasteiger partial charge is 0.306 e. The summed E-state index contributed by atoms with van der Waals surface area (Å²) in [6, 6.07) is 9.85. The van der Waals surface area contributed by atoms with Crippen molar-refractivity contribution in [3.05, 3.63) is 59.9 Å². The Balaban J connectivity index is 1.97. The average Bonchev–Trinajstić information content (AvgIpc) is 2.92. The van der Waals surface area contributed by atoms with Gasteiger partial charge in [0.25, 0.3) is 5.91 Å². The second-order valence-corrected chi connectivity index (χ2v) is 6.06. The van der Waals surface area contributed by atoms with Gasteiger partial charge in [0.1, 0.15) is 0 Å². The number of carbonyl (C=O) groups excluding carboxylic acids is 2. The molecule has 138 valence electrons. The fraction of sp³-hybridized carbons (Fsp3) is 0.350. The molecule has 0 bridgehead atoms. The molecule has 0 saturated heterocycles. The van der Waals surface area contributed by atoms with Crippen molar-refractivity contribution in [2.45, 2.75) is 39.7 Å². The number of para-hydroxylation sites is 1. The van der Waals surface area contributed by atoms with E-state index in [2.05, 4.69) is 17.0 Å². The van der Waals surface area contributed by atoms with Gasteiger partial charge in [0, 0.05) is 18.7 Å². The summed E-state index contributed by atoms with van der Waals surface area (Å²) in [7, 11) is 0. The van der Waals surface area contributed by atoms with Crippen LogP contribution in [0.4, 0.5) is 0 Å². The maximum atomic E-state index is 12.1. The van der Waals surface area contributed by atoms with Gasteiger partial charge >= 0.3 is 5.97 Å². The highest BCUT2D eigenvalue weighted by molar-refractivity contribution is 5.83. The average molecular weight is 355 g/mol. The van der Waals surface area contributed by atoms with Crippen molar-refractivity contribution in [2.24, 2.45) is 0 Å². The molecule has 6 heteroatoms. The fourth-order valence-electron chi connectivity index (χ4n) is 2.71. The molecule has 2 aromatic rings. The molecule has 0 aliphatic heterocycles. The van der Waals surface area contributed by atoms with Crippen molar-refractivity contribution in [3.63, 3.8) is 0 Å². The number of aromatic nitrogens is 2. The number of ether oxygens (including phenoxy) is 1. The maximum absolute atomic E-state index is 12.1. The van der Waals surface area contributed by atoms with Gasteiger partial charge in [-0.15, -0.1) is 6.58 Å². The van der Waals surface area contributed by atoms with Crippen molar-refractivity contribution < 1.29 is 14.3 Å². The summed E-state index contributed by atoms with van der Waals surface area (Å²) in [5.74, 6) is -0.736. The summed E-state index contributed by atoms with van der Waals surface area (Å²) in [6.45, 7) is 9.34. The Labute approximate surface area is 153 Å². The van der Waals surface area contributed by atoms with E-state index in [9.17, 15) is 9.59 Å². The summed E-state index contributed by atoms with van der Waals surface area (Å²) in [4.78, 5) is 23.8. The molecular formula is C20H25N3O3. The second kappa shape index (κ2) is 8.99. The molecule has 0 aliphatic rings. The maximum Gasteiger partial charge on any atom is 0.306 e. The molecule has 1 N–H and O–H groups in total. The van der Waals surface area contributed by atoms with Crippen molar-refractivity contribution in [1.82, 2.24) is 15.1 Å². The highest BCUT2D eigenvalue weighted by Gasteiger charge is 2.19. The lowest BCUT2D eigenvalue weighted by atomic mass is 10.1. The molecule has 1 heterocycles. The first kappa shape index (κ1) is 19.4. The number of amides is 1. The summed E-state index contributed by atoms with van der Waals surface area (Å²) < 4.78 is 7.07. The molecule has 26 heavy (non-hydrogen) atoms. The van der Waals surface area contributed by atoms with Crippen LogP contribution in [0.15, 0.2) is 43.0 Å². The minimum atomic E-state index is -0.823. The molecule has 2 rings (SSSR count). The Hall–Kier alpha value is -2.89. The zero-order valence-electron chi connectivity index (χ0n) is 15.5. The first-order valence-electron chi connectivity index (χ1n) is 8.62. The van der Waals surface area contributed by atoms with Gasteiger partial charge in [0.15, 0.2) is 6.10 Å². The fourth-order valence-corrected chi connectivity index (χ4v) is 2.71. The van der Waals surface area contributed by atoms with Crippen molar-refractivity contribution >= 4 is 11.9 Å². The van der Waals surface area contributed by atoms with Crippen LogP contribution in [0, 0.1) is 13.8 Å². The van der Waals surface area contributed by atoms with E-state index in [0.717, 1.165) is 22.6 Å². The van der Waals surface area contributed by atoms with Crippen LogP contribution < -0.4 is 5.32 Å². The Kier molecular flexibility index (Phi) is 6.72. The zero-order chi connectivity index (χ0) is 19.1. The topological polar surface area (TPSA) is 73.2 Å². The van der Waals surface area contributed by atoms with Crippen LogP contribution in [-0.4, -0.2) is 34.3 Å². The van der Waals surface area contributed by atoms with Crippen molar-refractivity contribution in [1.29, 1.82) is 0 Å². The van der Waals surface area contributed by atoms with Gasteiger partial charge in [-0.3, -0.25) is 9.59 Å². The predicted molar refractivity (Wildman–Crippen MR) is 100 cm³/mol. The van der Waals surface area contributed by atoms with E-state index < -0.39 is 12.1 Å². The third-order valence-corrected chi connectivity index (χ3v) is 4.12. The zero-order valence-corrected chi connectivity index (χ0v) is 15.5. The number of hydrogen-bond acceptors (Lipinski definition) is 4. The lowest BCUT2D eigenvalue weighted by Gasteiger charge is -2.12. The number of hydrogen-bond donors (Lipinski definition) is 1. The molecule has 0 spiro atoms. The van der Waals surface area contributed by atoms with E-state index in [-0.39, 0.29) is 12.3 Å². The largest absolute Gasteiger partial charge is 0.453 e. The Morgan fingerprint density at radius 1 is 1.31 bits per heavy atom. The highest BCUT2D eigenvalue weighted by Crippen LogP contribution is 2.19. The first-order chi connectivity index (χ1) is 12.4. The van der Waals surface area contributed by atoms with E-state index in [1.807, 2.05) is 48.9 Å². The van der Waals surface area contributed by atoms with Crippen LogP contribution in [0.5, 0.6) is 0 Å². The molecule has 1 atom stereocenters. The van der Waals surface area contributed by atoms with Gasteiger partial charge in [-0.05, 0) is 44.9 Å². The molecule has 0 aliphatic carbocycles. The van der Waals surface area contributed by atoms with Gasteiger partial charge in [0.2, 0.25) is 0 Å². The Bertz CT molecular complexity index is 781. The Morgan fingerprint density at radius 2 is 2.00 bits per heavy atom. The molecule has 1 amide bonds. The molecule has 0 radical (unpaired) electrons. The highest BCUT2D eigenvalue weighted by atomic mass is 16.5. The van der Waals surface area contributed by atoms with Gasteiger partial charge in [-0.1, -0.05) is 24.3 Å².